The molecule has 0 radical (unpaired) electrons. The molecule has 128 valence electrons. The van der Waals surface area contributed by atoms with E-state index in [2.05, 4.69) is 15.1 Å². The molecule has 1 saturated heterocycles. The number of β-amino-alcohol motifs (C(OH)–C–C–N with tert-alkyl or cyclic N) is 1. The Morgan fingerprint density at radius 2 is 2.17 bits per heavy atom. The van der Waals surface area contributed by atoms with E-state index in [-0.39, 0.29) is 11.8 Å². The van der Waals surface area contributed by atoms with Gasteiger partial charge in [0, 0.05) is 30.7 Å². The van der Waals surface area contributed by atoms with Gasteiger partial charge in [-0.1, -0.05) is 12.8 Å². The van der Waals surface area contributed by atoms with Gasteiger partial charge in [0.1, 0.15) is 0 Å². The zero-order chi connectivity index (χ0) is 16.4. The Morgan fingerprint density at radius 1 is 1.43 bits per heavy atom. The van der Waals surface area contributed by atoms with Crippen LogP contribution >= 0.6 is 0 Å². The molecule has 0 spiro atoms. The van der Waals surface area contributed by atoms with Crippen molar-refractivity contribution in [3.63, 3.8) is 0 Å². The van der Waals surface area contributed by atoms with Crippen molar-refractivity contribution < 1.29 is 9.90 Å². The molecule has 0 bridgehead atoms. The molecule has 1 aromatic rings. The van der Waals surface area contributed by atoms with Crippen LogP contribution in [0.1, 0.15) is 37.1 Å². The number of carbonyl (C=O) groups is 1. The van der Waals surface area contributed by atoms with Crippen LogP contribution in [-0.2, 0) is 11.2 Å². The van der Waals surface area contributed by atoms with E-state index in [0.717, 1.165) is 11.4 Å². The molecule has 1 aliphatic heterocycles. The van der Waals surface area contributed by atoms with Crippen molar-refractivity contribution in [2.45, 2.75) is 51.2 Å². The van der Waals surface area contributed by atoms with E-state index in [1.807, 2.05) is 24.9 Å². The number of aromatic nitrogens is 2. The van der Waals surface area contributed by atoms with Crippen LogP contribution in [0.2, 0.25) is 0 Å². The lowest BCUT2D eigenvalue weighted by molar-refractivity contribution is -0.132. The average molecular weight is 320 g/mol. The number of H-pyrrole nitrogens is 1. The van der Waals surface area contributed by atoms with Crippen molar-refractivity contribution >= 4 is 5.91 Å². The molecule has 1 aromatic heterocycles. The van der Waals surface area contributed by atoms with E-state index in [4.69, 9.17) is 0 Å². The molecule has 0 unspecified atom stereocenters. The number of likely N-dealkylation sites (tertiary alicyclic amines) is 1. The topological polar surface area (TPSA) is 72.5 Å². The van der Waals surface area contributed by atoms with Crippen LogP contribution in [0.5, 0.6) is 0 Å². The van der Waals surface area contributed by atoms with Gasteiger partial charge in [0.05, 0.1) is 18.3 Å². The predicted octanol–water partition coefficient (Wildman–Crippen LogP) is 0.954. The number of likely N-dealkylation sites (N-methyl/N-ethyl adjacent to an activating group) is 1. The molecule has 1 aliphatic carbocycles. The third-order valence-electron chi connectivity index (χ3n) is 5.32. The summed E-state index contributed by atoms with van der Waals surface area (Å²) in [4.78, 5) is 16.5. The molecular weight excluding hydrogens is 292 g/mol. The van der Waals surface area contributed by atoms with Crippen LogP contribution in [0.25, 0.3) is 0 Å². The van der Waals surface area contributed by atoms with Crippen molar-refractivity contribution in [3.8, 4) is 0 Å². The number of hydrogen-bond acceptors (Lipinski definition) is 4. The van der Waals surface area contributed by atoms with Crippen LogP contribution in [0.15, 0.2) is 6.07 Å². The number of aliphatic hydroxyl groups excluding tert-OH is 1. The number of aryl methyl sites for hydroxylation is 1. The standard InChI is InChI=1S/C17H28N4O2/c1-12-7-14(19-18-12)8-13-9-21(10-16(13)22)17(23)11-20(2)15-5-3-4-6-15/h7,13,15-16,22H,3-6,8-11H2,1-2H3,(H,18,19)/t13-,16-/m1/s1. The van der Waals surface area contributed by atoms with Crippen LogP contribution in [0, 0.1) is 12.8 Å². The van der Waals surface area contributed by atoms with Crippen LogP contribution in [0.4, 0.5) is 0 Å². The van der Waals surface area contributed by atoms with Crippen molar-refractivity contribution in [1.82, 2.24) is 20.0 Å². The number of hydrogen-bond donors (Lipinski definition) is 2. The lowest BCUT2D eigenvalue weighted by atomic mass is 10.0. The summed E-state index contributed by atoms with van der Waals surface area (Å²) in [5.74, 6) is 0.220. The third kappa shape index (κ3) is 3.93. The number of nitrogens with one attached hydrogen (secondary N) is 1. The Bertz CT molecular complexity index is 538. The molecule has 3 rings (SSSR count). The fourth-order valence-corrected chi connectivity index (χ4v) is 3.89. The largest absolute Gasteiger partial charge is 0.391 e. The Balaban J connectivity index is 1.51. The fraction of sp³-hybridized carbons (Fsp3) is 0.765. The minimum Gasteiger partial charge on any atom is -0.391 e. The maximum Gasteiger partial charge on any atom is 0.236 e. The molecule has 2 aliphatic rings. The summed E-state index contributed by atoms with van der Waals surface area (Å²) in [5, 5.41) is 17.4. The van der Waals surface area contributed by atoms with Gasteiger partial charge in [0.25, 0.3) is 0 Å². The number of aromatic amines is 1. The number of nitrogens with zero attached hydrogens (tertiary/aromatic N) is 3. The molecule has 2 fully saturated rings. The van der Waals surface area contributed by atoms with Gasteiger partial charge in [0.15, 0.2) is 0 Å². The average Bonchev–Trinajstić information content (AvgIpc) is 3.22. The highest BCUT2D eigenvalue weighted by atomic mass is 16.3. The van der Waals surface area contributed by atoms with Gasteiger partial charge in [-0.2, -0.15) is 5.10 Å². The van der Waals surface area contributed by atoms with Crippen molar-refractivity contribution in [1.29, 1.82) is 0 Å². The normalized spacial score (nSPS) is 25.7. The highest BCUT2D eigenvalue weighted by Gasteiger charge is 2.35. The van der Waals surface area contributed by atoms with Crippen LogP contribution < -0.4 is 0 Å². The predicted molar refractivity (Wildman–Crippen MR) is 88.0 cm³/mol. The summed E-state index contributed by atoms with van der Waals surface area (Å²) in [6.45, 7) is 3.51. The van der Waals surface area contributed by atoms with Gasteiger partial charge < -0.3 is 10.0 Å². The van der Waals surface area contributed by atoms with Gasteiger partial charge in [0.2, 0.25) is 5.91 Å². The number of rotatable bonds is 5. The van der Waals surface area contributed by atoms with E-state index in [1.54, 1.807) is 0 Å². The summed E-state index contributed by atoms with van der Waals surface area (Å²) < 4.78 is 0. The van der Waals surface area contributed by atoms with Gasteiger partial charge in [-0.3, -0.25) is 14.8 Å². The second-order valence-electron chi connectivity index (χ2n) is 7.23. The number of aliphatic hydroxyl groups is 1. The highest BCUT2D eigenvalue weighted by molar-refractivity contribution is 5.78. The van der Waals surface area contributed by atoms with Gasteiger partial charge in [-0.25, -0.2) is 0 Å². The molecule has 6 heteroatoms. The summed E-state index contributed by atoms with van der Waals surface area (Å²) in [6.07, 6.45) is 5.22. The summed E-state index contributed by atoms with van der Waals surface area (Å²) >= 11 is 0. The Morgan fingerprint density at radius 3 is 2.83 bits per heavy atom. The maximum atomic E-state index is 12.5. The Labute approximate surface area is 137 Å². The zero-order valence-electron chi connectivity index (χ0n) is 14.2. The first-order chi connectivity index (χ1) is 11.0. The first-order valence-electron chi connectivity index (χ1n) is 8.70. The Hall–Kier alpha value is -1.40. The second kappa shape index (κ2) is 7.01. The number of amides is 1. The lowest BCUT2D eigenvalue weighted by Crippen LogP contribution is -2.41. The van der Waals surface area contributed by atoms with E-state index in [1.165, 1.54) is 25.7 Å². The second-order valence-corrected chi connectivity index (χ2v) is 7.23. The van der Waals surface area contributed by atoms with Gasteiger partial charge in [-0.05, 0) is 39.3 Å². The minimum absolute atomic E-state index is 0.0819. The first kappa shape index (κ1) is 16.5. The molecular formula is C17H28N4O2. The molecule has 2 N–H and O–H groups in total. The van der Waals surface area contributed by atoms with Crippen molar-refractivity contribution in [2.75, 3.05) is 26.7 Å². The van der Waals surface area contributed by atoms with E-state index in [0.29, 0.717) is 32.1 Å². The maximum absolute atomic E-state index is 12.5. The summed E-state index contributed by atoms with van der Waals surface area (Å²) in [6, 6.07) is 2.56. The SMILES string of the molecule is Cc1cc(C[C@@H]2CN(C(=O)CN(C)C3CCCC3)C[C@H]2O)n[nH]1. The van der Waals surface area contributed by atoms with Gasteiger partial charge in [-0.15, -0.1) is 0 Å². The smallest absolute Gasteiger partial charge is 0.236 e. The monoisotopic (exact) mass is 320 g/mol. The third-order valence-corrected chi connectivity index (χ3v) is 5.32. The van der Waals surface area contributed by atoms with Crippen LogP contribution in [0.3, 0.4) is 0 Å². The number of carbonyl (C=O) groups excluding carboxylic acids is 1. The quantitative estimate of drug-likeness (QED) is 0.847. The zero-order valence-corrected chi connectivity index (χ0v) is 14.2. The van der Waals surface area contributed by atoms with Crippen LogP contribution in [-0.4, -0.2) is 69.8 Å². The highest BCUT2D eigenvalue weighted by Crippen LogP contribution is 2.24. The summed E-state index contributed by atoms with van der Waals surface area (Å²) in [5.41, 5.74) is 1.99. The molecule has 1 saturated carbocycles. The fourth-order valence-electron chi connectivity index (χ4n) is 3.89. The van der Waals surface area contributed by atoms with Crippen molar-refractivity contribution in [3.05, 3.63) is 17.5 Å². The summed E-state index contributed by atoms with van der Waals surface area (Å²) in [7, 11) is 2.05. The molecule has 23 heavy (non-hydrogen) atoms. The molecule has 0 aromatic carbocycles. The van der Waals surface area contributed by atoms with E-state index in [9.17, 15) is 9.90 Å². The minimum atomic E-state index is -0.451. The molecule has 2 atom stereocenters. The lowest BCUT2D eigenvalue weighted by Gasteiger charge is -2.26. The molecule has 2 heterocycles. The van der Waals surface area contributed by atoms with E-state index < -0.39 is 6.10 Å². The molecule has 6 nitrogen and oxygen atoms in total. The van der Waals surface area contributed by atoms with Gasteiger partial charge >= 0.3 is 0 Å². The molecule has 1 amide bonds. The van der Waals surface area contributed by atoms with Crippen molar-refractivity contribution in [2.24, 2.45) is 5.92 Å². The van der Waals surface area contributed by atoms with E-state index >= 15 is 0 Å². The Kier molecular flexibility index (Phi) is 5.02. The first-order valence-corrected chi connectivity index (χ1v) is 8.70.